The lowest BCUT2D eigenvalue weighted by atomic mass is 9.98. The molecule has 0 unspecified atom stereocenters. The van der Waals surface area contributed by atoms with Crippen LogP contribution in [0, 0.1) is 0 Å². The first-order valence-electron chi connectivity index (χ1n) is 22.9. The van der Waals surface area contributed by atoms with Crippen molar-refractivity contribution in [2.75, 3.05) is 0 Å². The second-order valence-corrected chi connectivity index (χ2v) is 17.0. The Balaban J connectivity index is 1.12. The normalized spacial score (nSPS) is 11.5. The lowest BCUT2D eigenvalue weighted by Crippen LogP contribution is -2.03. The first-order chi connectivity index (χ1) is 33.7. The van der Waals surface area contributed by atoms with Gasteiger partial charge in [0.05, 0.1) is 39.1 Å². The van der Waals surface area contributed by atoms with Crippen molar-refractivity contribution in [3.05, 3.63) is 243 Å². The Bertz CT molecular complexity index is 3880. The van der Waals surface area contributed by atoms with Crippen LogP contribution in [0.25, 0.3) is 123 Å². The first kappa shape index (κ1) is 39.1. The highest BCUT2D eigenvalue weighted by molar-refractivity contribution is 6.29. The van der Waals surface area contributed by atoms with Crippen molar-refractivity contribution in [2.45, 2.75) is 0 Å². The third-order valence-electron chi connectivity index (χ3n) is 13.0. The molecule has 0 saturated carbocycles. The van der Waals surface area contributed by atoms with Crippen molar-refractivity contribution in [3.63, 3.8) is 0 Å². The van der Waals surface area contributed by atoms with Gasteiger partial charge in [-0.1, -0.05) is 176 Å². The van der Waals surface area contributed by atoms with Gasteiger partial charge in [0.25, 0.3) is 0 Å². The molecule has 0 atom stereocenters. The van der Waals surface area contributed by atoms with E-state index in [-0.39, 0.29) is 0 Å². The minimum absolute atomic E-state index is 0.575. The molecule has 13 aromatic rings. The Morgan fingerprint density at radius 1 is 0.265 bits per heavy atom. The average Bonchev–Trinajstić information content (AvgIpc) is 3.94. The second kappa shape index (κ2) is 16.3. The van der Waals surface area contributed by atoms with Crippen LogP contribution in [0.2, 0.25) is 0 Å². The van der Waals surface area contributed by atoms with Crippen LogP contribution in [0.3, 0.4) is 0 Å². The summed E-state index contributed by atoms with van der Waals surface area (Å²) in [7, 11) is 0. The van der Waals surface area contributed by atoms with E-state index in [1.54, 1.807) is 0 Å². The van der Waals surface area contributed by atoms with Gasteiger partial charge in [-0.3, -0.25) is 0 Å². The third kappa shape index (κ3) is 6.66. The van der Waals surface area contributed by atoms with Gasteiger partial charge >= 0.3 is 0 Å². The average molecular weight is 869 g/mol. The molecule has 0 N–H and O–H groups in total. The molecule has 0 fully saturated rings. The molecule has 0 spiro atoms. The largest absolute Gasteiger partial charge is 0.309 e. The van der Waals surface area contributed by atoms with Gasteiger partial charge in [-0.05, 0) is 77.9 Å². The van der Waals surface area contributed by atoms with Crippen molar-refractivity contribution >= 4 is 43.6 Å². The van der Waals surface area contributed by atoms with E-state index in [0.717, 1.165) is 78.3 Å². The lowest BCUT2D eigenvalue weighted by Gasteiger charge is -2.17. The fourth-order valence-corrected chi connectivity index (χ4v) is 9.87. The van der Waals surface area contributed by atoms with Crippen LogP contribution in [0.4, 0.5) is 0 Å². The van der Waals surface area contributed by atoms with Crippen molar-refractivity contribution in [1.82, 2.24) is 29.1 Å². The van der Waals surface area contributed by atoms with Crippen LogP contribution in [0.5, 0.6) is 0 Å². The SMILES string of the molecule is c1ccc(-c2cc(-c3ccccc3)nc(-c3cc(-c4nc(-c5ccccc5)nc(-c5ccccc5)n4)ccc3-n3c4ccccc4c4c5c6ccccc6n(-c6ccccc6)c5ccc43)c2)cc1. The van der Waals surface area contributed by atoms with Crippen molar-refractivity contribution in [3.8, 4) is 79.2 Å². The number of pyridine rings is 1. The van der Waals surface area contributed by atoms with Crippen molar-refractivity contribution in [1.29, 1.82) is 0 Å². The molecular formula is C62H40N6. The standard InChI is InChI=1S/C62H40N6/c1-6-20-41(21-7-1)46-39-51(42-22-8-2-9-23-42)63-52(40-46)50-38-45(62-65-60(43-24-10-3-11-25-43)64-61(66-62)44-26-12-4-13-27-44)34-35-55(50)68-54-33-19-17-31-49(54)59-57(68)37-36-56-58(59)48-30-16-18-32-53(48)67(56)47-28-14-5-15-29-47/h1-40H. The van der Waals surface area contributed by atoms with E-state index >= 15 is 0 Å². The number of benzene rings is 9. The Kier molecular flexibility index (Phi) is 9.39. The van der Waals surface area contributed by atoms with Crippen LogP contribution in [0.1, 0.15) is 0 Å². The summed E-state index contributed by atoms with van der Waals surface area (Å²) in [5.74, 6) is 1.79. The number of rotatable bonds is 8. The highest BCUT2D eigenvalue weighted by atomic mass is 15.0. The molecule has 6 heteroatoms. The zero-order valence-electron chi connectivity index (χ0n) is 36.8. The molecule has 0 aliphatic heterocycles. The van der Waals surface area contributed by atoms with E-state index < -0.39 is 0 Å². The second-order valence-electron chi connectivity index (χ2n) is 17.0. The van der Waals surface area contributed by atoms with Crippen LogP contribution in [-0.4, -0.2) is 29.1 Å². The molecule has 6 nitrogen and oxygen atoms in total. The van der Waals surface area contributed by atoms with Crippen LogP contribution < -0.4 is 0 Å². The summed E-state index contributed by atoms with van der Waals surface area (Å²) in [6.07, 6.45) is 0. The Morgan fingerprint density at radius 2 is 0.706 bits per heavy atom. The zero-order chi connectivity index (χ0) is 45.0. The predicted molar refractivity (Wildman–Crippen MR) is 279 cm³/mol. The molecular weight excluding hydrogens is 829 g/mol. The smallest absolute Gasteiger partial charge is 0.164 e. The molecule has 0 aliphatic carbocycles. The van der Waals surface area contributed by atoms with Gasteiger partial charge in [-0.25, -0.2) is 19.9 Å². The molecule has 0 amide bonds. The zero-order valence-corrected chi connectivity index (χ0v) is 36.8. The molecule has 9 aromatic carbocycles. The molecule has 4 heterocycles. The Morgan fingerprint density at radius 3 is 1.28 bits per heavy atom. The molecule has 0 saturated heterocycles. The molecule has 13 rings (SSSR count). The lowest BCUT2D eigenvalue weighted by molar-refractivity contribution is 1.07. The van der Waals surface area contributed by atoms with E-state index in [4.69, 9.17) is 19.9 Å². The number of aromatic nitrogens is 6. The topological polar surface area (TPSA) is 61.4 Å². The van der Waals surface area contributed by atoms with Crippen LogP contribution in [-0.2, 0) is 0 Å². The summed E-state index contributed by atoms with van der Waals surface area (Å²) in [5, 5.41) is 4.80. The number of fused-ring (bicyclic) bond motifs is 7. The van der Waals surface area contributed by atoms with E-state index in [0.29, 0.717) is 17.5 Å². The van der Waals surface area contributed by atoms with Gasteiger partial charge in [0.15, 0.2) is 17.5 Å². The summed E-state index contributed by atoms with van der Waals surface area (Å²) >= 11 is 0. The minimum Gasteiger partial charge on any atom is -0.309 e. The van der Waals surface area contributed by atoms with Gasteiger partial charge < -0.3 is 9.13 Å². The number of nitrogens with zero attached hydrogens (tertiary/aromatic N) is 6. The van der Waals surface area contributed by atoms with Crippen LogP contribution in [0.15, 0.2) is 243 Å². The quantitative estimate of drug-likeness (QED) is 0.153. The number of para-hydroxylation sites is 3. The summed E-state index contributed by atoms with van der Waals surface area (Å²) in [5.41, 5.74) is 15.2. The summed E-state index contributed by atoms with van der Waals surface area (Å²) in [4.78, 5) is 21.0. The van der Waals surface area contributed by atoms with Gasteiger partial charge in [0.1, 0.15) is 0 Å². The monoisotopic (exact) mass is 868 g/mol. The maximum absolute atomic E-state index is 5.55. The highest BCUT2D eigenvalue weighted by Crippen LogP contribution is 2.44. The fourth-order valence-electron chi connectivity index (χ4n) is 9.87. The van der Waals surface area contributed by atoms with Crippen LogP contribution >= 0.6 is 0 Å². The molecule has 0 bridgehead atoms. The molecule has 68 heavy (non-hydrogen) atoms. The molecule has 318 valence electrons. The number of hydrogen-bond donors (Lipinski definition) is 0. The molecule has 0 aliphatic rings. The number of hydrogen-bond acceptors (Lipinski definition) is 4. The third-order valence-corrected chi connectivity index (χ3v) is 13.0. The van der Waals surface area contributed by atoms with E-state index in [9.17, 15) is 0 Å². The van der Waals surface area contributed by atoms with Crippen molar-refractivity contribution < 1.29 is 0 Å². The van der Waals surface area contributed by atoms with Gasteiger partial charge in [0.2, 0.25) is 0 Å². The predicted octanol–water partition coefficient (Wildman–Crippen LogP) is 15.5. The Hall–Kier alpha value is -9.26. The van der Waals surface area contributed by atoms with E-state index in [1.807, 2.05) is 66.7 Å². The first-order valence-corrected chi connectivity index (χ1v) is 22.9. The summed E-state index contributed by atoms with van der Waals surface area (Å²) in [6, 6.07) is 85.1. The van der Waals surface area contributed by atoms with Gasteiger partial charge in [0, 0.05) is 55.0 Å². The minimum atomic E-state index is 0.575. The maximum Gasteiger partial charge on any atom is 0.164 e. The Labute approximate surface area is 392 Å². The summed E-state index contributed by atoms with van der Waals surface area (Å²) < 4.78 is 4.82. The summed E-state index contributed by atoms with van der Waals surface area (Å²) in [6.45, 7) is 0. The molecule has 0 radical (unpaired) electrons. The highest BCUT2D eigenvalue weighted by Gasteiger charge is 2.24. The van der Waals surface area contributed by atoms with Crippen molar-refractivity contribution in [2.24, 2.45) is 0 Å². The van der Waals surface area contributed by atoms with Gasteiger partial charge in [-0.15, -0.1) is 0 Å². The molecule has 4 aromatic heterocycles. The van der Waals surface area contributed by atoms with E-state index in [1.165, 1.54) is 27.1 Å². The maximum atomic E-state index is 5.55. The fraction of sp³-hybridized carbons (Fsp3) is 0. The van der Waals surface area contributed by atoms with E-state index in [2.05, 4.69) is 185 Å². The van der Waals surface area contributed by atoms with Gasteiger partial charge in [-0.2, -0.15) is 0 Å².